The van der Waals surface area contributed by atoms with Gasteiger partial charge in [0.05, 0.1) is 24.9 Å². The Kier molecular flexibility index (Phi) is 6.36. The molecule has 0 aliphatic heterocycles. The highest BCUT2D eigenvalue weighted by atomic mass is 19.4. The molecule has 0 aromatic carbocycles. The molecule has 9 heteroatoms. The summed E-state index contributed by atoms with van der Waals surface area (Å²) < 4.78 is 49.7. The van der Waals surface area contributed by atoms with Crippen LogP contribution < -0.4 is 5.32 Å². The molecule has 27 heavy (non-hydrogen) atoms. The highest BCUT2D eigenvalue weighted by Crippen LogP contribution is 2.35. The molecule has 1 aliphatic carbocycles. The molecule has 1 aromatic rings. The summed E-state index contributed by atoms with van der Waals surface area (Å²) in [7, 11) is 0. The molecule has 1 heterocycles. The van der Waals surface area contributed by atoms with Crippen LogP contribution in [-0.2, 0) is 22.1 Å². The van der Waals surface area contributed by atoms with Crippen LogP contribution in [0.4, 0.5) is 18.0 Å². The highest BCUT2D eigenvalue weighted by Gasteiger charge is 2.37. The van der Waals surface area contributed by atoms with Crippen molar-refractivity contribution in [2.75, 3.05) is 6.61 Å². The van der Waals surface area contributed by atoms with E-state index in [9.17, 15) is 23.1 Å². The van der Waals surface area contributed by atoms with E-state index in [-0.39, 0.29) is 18.7 Å². The van der Waals surface area contributed by atoms with E-state index in [4.69, 9.17) is 9.47 Å². The summed E-state index contributed by atoms with van der Waals surface area (Å²) in [6, 6.07) is 1.47. The molecular weight excluding hydrogens is 365 g/mol. The largest absolute Gasteiger partial charge is 0.444 e. The molecule has 0 fully saturated rings. The Morgan fingerprint density at radius 2 is 2.04 bits per heavy atom. The molecule has 2 N–H and O–H groups in total. The van der Waals surface area contributed by atoms with E-state index >= 15 is 0 Å². The minimum atomic E-state index is -4.54. The topological polar surface area (TPSA) is 80.7 Å². The second-order valence-corrected chi connectivity index (χ2v) is 7.61. The van der Waals surface area contributed by atoms with Crippen LogP contribution in [0.2, 0.25) is 0 Å². The smallest absolute Gasteiger partial charge is 0.433 e. The summed E-state index contributed by atoms with van der Waals surface area (Å²) in [6.45, 7) is 6.73. The summed E-state index contributed by atoms with van der Waals surface area (Å²) in [5.74, 6) is 0. The van der Waals surface area contributed by atoms with E-state index in [1.54, 1.807) is 27.7 Å². The Balaban J connectivity index is 2.29. The average molecular weight is 390 g/mol. The van der Waals surface area contributed by atoms with Gasteiger partial charge in [-0.05, 0) is 52.2 Å². The number of nitrogens with one attached hydrogen (secondary N) is 1. The van der Waals surface area contributed by atoms with Crippen molar-refractivity contribution < 1.29 is 32.5 Å². The van der Waals surface area contributed by atoms with Gasteiger partial charge in [0.2, 0.25) is 0 Å². The maximum absolute atomic E-state index is 12.9. The Morgan fingerprint density at radius 3 is 2.59 bits per heavy atom. The predicted molar refractivity (Wildman–Crippen MR) is 91.1 cm³/mol. The molecule has 3 atom stereocenters. The predicted octanol–water partition coefficient (Wildman–Crippen LogP) is 3.38. The second-order valence-electron chi connectivity index (χ2n) is 7.61. The van der Waals surface area contributed by atoms with Gasteiger partial charge in [-0.25, -0.2) is 9.78 Å². The minimum Gasteiger partial charge on any atom is -0.444 e. The van der Waals surface area contributed by atoms with E-state index < -0.39 is 41.8 Å². The van der Waals surface area contributed by atoms with Gasteiger partial charge in [-0.2, -0.15) is 13.2 Å². The SMILES string of the molecule is C[C@H](O)CO[C@H]1CCc2nc(C(F)(F)F)ccc2[C@H]1NC(=O)OC(C)(C)C. The number of carbonyl (C=O) groups is 1. The molecule has 0 spiro atoms. The molecule has 1 amide bonds. The standard InChI is InChI=1S/C18H25F3N2O4/c1-10(24)9-26-13-7-6-12-11(5-8-14(22-12)18(19,20)21)15(13)23-16(25)27-17(2,3)4/h5,8,10,13,15,24H,6-7,9H2,1-4H3,(H,23,25)/t10-,13-,15+/m0/s1. The Morgan fingerprint density at radius 1 is 1.37 bits per heavy atom. The summed E-state index contributed by atoms with van der Waals surface area (Å²) in [6.07, 6.45) is -5.84. The second kappa shape index (κ2) is 8.02. The molecule has 152 valence electrons. The number of aliphatic hydroxyl groups is 1. The first-order chi connectivity index (χ1) is 12.4. The zero-order valence-electron chi connectivity index (χ0n) is 15.8. The fourth-order valence-corrected chi connectivity index (χ4v) is 2.85. The zero-order valence-corrected chi connectivity index (χ0v) is 15.8. The lowest BCUT2D eigenvalue weighted by molar-refractivity contribution is -0.141. The lowest BCUT2D eigenvalue weighted by Gasteiger charge is -2.34. The Bertz CT molecular complexity index is 672. The molecule has 0 bridgehead atoms. The minimum absolute atomic E-state index is 0.0422. The number of alkyl carbamates (subject to hydrolysis) is 1. The molecule has 0 saturated heterocycles. The third-order valence-electron chi connectivity index (χ3n) is 3.90. The summed E-state index contributed by atoms with van der Waals surface area (Å²) in [5, 5.41) is 12.1. The molecule has 0 saturated carbocycles. The quantitative estimate of drug-likeness (QED) is 0.824. The van der Waals surface area contributed by atoms with Crippen LogP contribution >= 0.6 is 0 Å². The summed E-state index contributed by atoms with van der Waals surface area (Å²) >= 11 is 0. The van der Waals surface area contributed by atoms with Gasteiger partial charge in [0.25, 0.3) is 0 Å². The first-order valence-corrected chi connectivity index (χ1v) is 8.73. The number of halogens is 3. The van der Waals surface area contributed by atoms with E-state index in [1.165, 1.54) is 6.07 Å². The maximum atomic E-state index is 12.9. The lowest BCUT2D eigenvalue weighted by atomic mass is 9.88. The van der Waals surface area contributed by atoms with Crippen LogP contribution in [0.5, 0.6) is 0 Å². The van der Waals surface area contributed by atoms with Crippen LogP contribution in [-0.4, -0.2) is 40.6 Å². The molecular formula is C18H25F3N2O4. The molecule has 2 rings (SSSR count). The van der Waals surface area contributed by atoms with Gasteiger partial charge in [-0.1, -0.05) is 6.07 Å². The number of nitrogens with zero attached hydrogens (tertiary/aromatic N) is 1. The summed E-state index contributed by atoms with van der Waals surface area (Å²) in [5.41, 5.74) is -0.977. The van der Waals surface area contributed by atoms with Crippen molar-refractivity contribution in [3.8, 4) is 0 Å². The number of aliphatic hydroxyl groups excluding tert-OH is 1. The number of carbonyl (C=O) groups excluding carboxylic acids is 1. The zero-order chi connectivity index (χ0) is 20.4. The van der Waals surface area contributed by atoms with E-state index in [0.29, 0.717) is 12.0 Å². The molecule has 0 radical (unpaired) electrons. The van der Waals surface area contributed by atoms with E-state index in [0.717, 1.165) is 6.07 Å². The number of alkyl halides is 3. The van der Waals surface area contributed by atoms with Gasteiger partial charge >= 0.3 is 12.3 Å². The molecule has 1 aromatic heterocycles. The fourth-order valence-electron chi connectivity index (χ4n) is 2.85. The van der Waals surface area contributed by atoms with Crippen molar-refractivity contribution in [3.63, 3.8) is 0 Å². The number of ether oxygens (including phenoxy) is 2. The van der Waals surface area contributed by atoms with Crippen molar-refractivity contribution in [2.45, 2.75) is 70.6 Å². The summed E-state index contributed by atoms with van der Waals surface area (Å²) in [4.78, 5) is 15.9. The number of fused-ring (bicyclic) bond motifs is 1. The van der Waals surface area contributed by atoms with Crippen LogP contribution in [0.15, 0.2) is 12.1 Å². The maximum Gasteiger partial charge on any atom is 0.433 e. The van der Waals surface area contributed by atoms with Crippen LogP contribution in [0, 0.1) is 0 Å². The third-order valence-corrected chi connectivity index (χ3v) is 3.90. The molecule has 1 aliphatic rings. The number of hydrogen-bond donors (Lipinski definition) is 2. The lowest BCUT2D eigenvalue weighted by Crippen LogP contribution is -2.43. The highest BCUT2D eigenvalue weighted by molar-refractivity contribution is 5.68. The number of rotatable bonds is 4. The fraction of sp³-hybridized carbons (Fsp3) is 0.667. The Hall–Kier alpha value is -1.87. The number of hydrogen-bond acceptors (Lipinski definition) is 5. The van der Waals surface area contributed by atoms with Crippen molar-refractivity contribution in [1.29, 1.82) is 0 Å². The van der Waals surface area contributed by atoms with Gasteiger partial charge < -0.3 is 19.9 Å². The van der Waals surface area contributed by atoms with Crippen molar-refractivity contribution in [2.24, 2.45) is 0 Å². The van der Waals surface area contributed by atoms with E-state index in [2.05, 4.69) is 10.3 Å². The first-order valence-electron chi connectivity index (χ1n) is 8.73. The van der Waals surface area contributed by atoms with Gasteiger partial charge in [-0.15, -0.1) is 0 Å². The first kappa shape index (κ1) is 21.4. The molecule has 0 unspecified atom stereocenters. The third kappa shape index (κ3) is 6.07. The van der Waals surface area contributed by atoms with Crippen molar-refractivity contribution in [3.05, 3.63) is 29.1 Å². The normalized spacial score (nSPS) is 21.3. The number of pyridine rings is 1. The van der Waals surface area contributed by atoms with Gasteiger partial charge in [0, 0.05) is 5.69 Å². The van der Waals surface area contributed by atoms with Crippen LogP contribution in [0.1, 0.15) is 57.1 Å². The number of amides is 1. The number of aryl methyl sites for hydroxylation is 1. The molecule has 6 nitrogen and oxygen atoms in total. The van der Waals surface area contributed by atoms with Crippen LogP contribution in [0.3, 0.4) is 0 Å². The van der Waals surface area contributed by atoms with E-state index in [1.807, 2.05) is 0 Å². The average Bonchev–Trinajstić information content (AvgIpc) is 2.50. The number of aromatic nitrogens is 1. The van der Waals surface area contributed by atoms with Gasteiger partial charge in [0.1, 0.15) is 11.3 Å². The van der Waals surface area contributed by atoms with Gasteiger partial charge in [0.15, 0.2) is 0 Å². The van der Waals surface area contributed by atoms with Crippen molar-refractivity contribution in [1.82, 2.24) is 10.3 Å². The van der Waals surface area contributed by atoms with Crippen LogP contribution in [0.25, 0.3) is 0 Å². The van der Waals surface area contributed by atoms with Crippen molar-refractivity contribution >= 4 is 6.09 Å². The monoisotopic (exact) mass is 390 g/mol. The Labute approximate surface area is 156 Å². The van der Waals surface area contributed by atoms with Gasteiger partial charge in [-0.3, -0.25) is 0 Å².